The van der Waals surface area contributed by atoms with Gasteiger partial charge in [0.05, 0.1) is 22.5 Å². The van der Waals surface area contributed by atoms with Crippen molar-refractivity contribution in [1.29, 1.82) is 0 Å². The number of allylic oxidation sites excluding steroid dienone is 1. The first-order valence-electron chi connectivity index (χ1n) is 22.6. The van der Waals surface area contributed by atoms with E-state index in [9.17, 15) is 36.4 Å². The topological polar surface area (TPSA) is 191 Å². The van der Waals surface area contributed by atoms with Gasteiger partial charge in [-0.15, -0.1) is 11.3 Å². The van der Waals surface area contributed by atoms with Gasteiger partial charge < -0.3 is 25.0 Å². The van der Waals surface area contributed by atoms with Crippen molar-refractivity contribution >= 4 is 56.2 Å². The number of hydrogen-bond donors (Lipinski definition) is 3. The van der Waals surface area contributed by atoms with Crippen LogP contribution in [0.15, 0.2) is 53.9 Å². The summed E-state index contributed by atoms with van der Waals surface area (Å²) in [5.41, 5.74) is 0.680. The van der Waals surface area contributed by atoms with Crippen molar-refractivity contribution in [1.82, 2.24) is 34.8 Å². The third kappa shape index (κ3) is 9.97. The Bertz CT molecular complexity index is 2670. The largest absolute Gasteiger partial charge is 0.459 e. The number of ether oxygens (including phenoxy) is 2. The predicted octanol–water partition coefficient (Wildman–Crippen LogP) is 7.25. The second kappa shape index (κ2) is 18.0. The van der Waals surface area contributed by atoms with Gasteiger partial charge in [0.15, 0.2) is 0 Å². The number of hydrogen-bond acceptors (Lipinski definition) is 11. The van der Waals surface area contributed by atoms with E-state index in [1.54, 1.807) is 27.7 Å². The quantitative estimate of drug-likeness (QED) is 0.137. The molecule has 4 aromatic rings. The fourth-order valence-electron chi connectivity index (χ4n) is 8.83. The molecule has 66 heavy (non-hydrogen) atoms. The Hall–Kier alpha value is -5.43. The molecular formula is C47H57F2N7O8S2. The summed E-state index contributed by atoms with van der Waals surface area (Å²) in [5.74, 6) is -3.84. The van der Waals surface area contributed by atoms with E-state index in [2.05, 4.69) is 15.4 Å². The first kappa shape index (κ1) is 47.1. The molecule has 4 amide bonds. The van der Waals surface area contributed by atoms with E-state index in [-0.39, 0.29) is 44.3 Å². The molecule has 2 aromatic heterocycles. The second-order valence-corrected chi connectivity index (χ2v) is 22.6. The Kier molecular flexibility index (Phi) is 12.8. The number of imidazole rings is 1. The number of sulfonamides is 1. The lowest BCUT2D eigenvalue weighted by atomic mass is 10.0. The third-order valence-electron chi connectivity index (χ3n) is 12.7. The zero-order valence-corrected chi connectivity index (χ0v) is 39.6. The summed E-state index contributed by atoms with van der Waals surface area (Å²) >= 11 is 1.37. The summed E-state index contributed by atoms with van der Waals surface area (Å²) in [5, 5.41) is 8.13. The van der Waals surface area contributed by atoms with Crippen LogP contribution in [0.4, 0.5) is 13.6 Å². The fraction of sp³-hybridized carbons (Fsp3) is 0.532. The van der Waals surface area contributed by atoms with E-state index in [0.29, 0.717) is 53.0 Å². The number of nitrogens with one attached hydrogen (secondary N) is 3. The van der Waals surface area contributed by atoms with E-state index >= 15 is 0 Å². The van der Waals surface area contributed by atoms with E-state index in [1.807, 2.05) is 54.1 Å². The van der Waals surface area contributed by atoms with Crippen molar-refractivity contribution in [3.8, 4) is 16.6 Å². The van der Waals surface area contributed by atoms with Gasteiger partial charge in [-0.25, -0.2) is 27.0 Å². The molecule has 354 valence electrons. The number of aromatic nitrogens is 3. The third-order valence-corrected chi connectivity index (χ3v) is 15.8. The standard InChI is InChI=1S/C47H57F2N7O8S2/c1-27(2)56-36-16-12-14-34(40-50-32(26-65-40)21-28-19-30(48)22-31(49)20-28)38(36)52-43(56)63-33-23-37-39(57)53-47(42(59)54-66(61,62)46(6)17-18-46)24-29(47)13-10-8-7-9-11-15-35(41(58)55(37)25-33)51-44(60)64-45(3,4)5/h10,12-14,16,19-20,22,26-27,29,33,35,37H,7-9,11,15,17-18,21,23-25H2,1-6H3,(H,51,60)(H,53,57)(H,54,59)/b13-10-/t29-,33-,35+,37+,47-/m1/s1. The molecule has 1 saturated heterocycles. The summed E-state index contributed by atoms with van der Waals surface area (Å²) in [7, 11) is -4.04. The van der Waals surface area contributed by atoms with Crippen molar-refractivity contribution in [2.45, 2.75) is 146 Å². The first-order valence-corrected chi connectivity index (χ1v) is 24.9. The molecule has 0 unspecified atom stereocenters. The maximum Gasteiger partial charge on any atom is 0.408 e. The van der Waals surface area contributed by atoms with Crippen LogP contribution in [0, 0.1) is 17.6 Å². The summed E-state index contributed by atoms with van der Waals surface area (Å²) in [6, 6.07) is 6.85. The molecule has 2 aromatic carbocycles. The molecule has 0 radical (unpaired) electrons. The highest BCUT2D eigenvalue weighted by atomic mass is 32.2. The summed E-state index contributed by atoms with van der Waals surface area (Å²) in [6.07, 6.45) is 6.41. The molecule has 3 N–H and O–H groups in total. The van der Waals surface area contributed by atoms with Crippen LogP contribution >= 0.6 is 11.3 Å². The van der Waals surface area contributed by atoms with E-state index < -0.39 is 85.5 Å². The molecular weight excluding hydrogens is 893 g/mol. The number of carbonyl (C=O) groups excluding carboxylic acids is 4. The molecule has 2 aliphatic carbocycles. The monoisotopic (exact) mass is 949 g/mol. The van der Waals surface area contributed by atoms with Crippen LogP contribution in [-0.4, -0.2) is 92.3 Å². The molecule has 8 rings (SSSR count). The number of carbonyl (C=O) groups is 4. The molecule has 0 bridgehead atoms. The lowest BCUT2D eigenvalue weighted by Gasteiger charge is -2.30. The number of fused-ring (bicyclic) bond motifs is 3. The smallest absolute Gasteiger partial charge is 0.408 e. The van der Waals surface area contributed by atoms with Gasteiger partial charge in [-0.05, 0) is 110 Å². The molecule has 4 aliphatic rings. The van der Waals surface area contributed by atoms with E-state index in [0.717, 1.165) is 24.4 Å². The second-order valence-electron chi connectivity index (χ2n) is 19.5. The van der Waals surface area contributed by atoms with Crippen LogP contribution in [0.25, 0.3) is 21.6 Å². The average molecular weight is 950 g/mol. The number of benzene rings is 2. The van der Waals surface area contributed by atoms with Crippen molar-refractivity contribution < 1.29 is 45.9 Å². The molecule has 19 heteroatoms. The van der Waals surface area contributed by atoms with Crippen LogP contribution < -0.4 is 20.1 Å². The molecule has 5 atom stereocenters. The zero-order valence-electron chi connectivity index (χ0n) is 38.0. The first-order chi connectivity index (χ1) is 31.1. The molecule has 15 nitrogen and oxygen atoms in total. The molecule has 0 spiro atoms. The van der Waals surface area contributed by atoms with Crippen LogP contribution in [-0.2, 0) is 35.6 Å². The summed E-state index contributed by atoms with van der Waals surface area (Å²) in [6.45, 7) is 10.6. The molecule has 2 aliphatic heterocycles. The van der Waals surface area contributed by atoms with Crippen LogP contribution in [0.3, 0.4) is 0 Å². The molecule has 4 heterocycles. The Morgan fingerprint density at radius 3 is 2.50 bits per heavy atom. The highest BCUT2D eigenvalue weighted by molar-refractivity contribution is 7.91. The van der Waals surface area contributed by atoms with Crippen molar-refractivity contribution in [3.05, 3.63) is 76.8 Å². The van der Waals surface area contributed by atoms with Crippen molar-refractivity contribution in [2.24, 2.45) is 5.92 Å². The van der Waals surface area contributed by atoms with Crippen molar-refractivity contribution in [2.75, 3.05) is 6.54 Å². The summed E-state index contributed by atoms with van der Waals surface area (Å²) in [4.78, 5) is 67.8. The number of halogens is 2. The minimum atomic E-state index is -4.04. The lowest BCUT2D eigenvalue weighted by molar-refractivity contribution is -0.141. The number of para-hydroxylation sites is 1. The van der Waals surface area contributed by atoms with Gasteiger partial charge in [0.2, 0.25) is 21.8 Å². The minimum Gasteiger partial charge on any atom is -0.459 e. The molecule has 2 saturated carbocycles. The Morgan fingerprint density at radius 1 is 1.06 bits per heavy atom. The number of thiazole rings is 1. The molecule has 3 fully saturated rings. The van der Waals surface area contributed by atoms with Gasteiger partial charge in [0.25, 0.3) is 11.9 Å². The van der Waals surface area contributed by atoms with E-state index in [1.165, 1.54) is 28.4 Å². The number of rotatable bonds is 10. The lowest BCUT2D eigenvalue weighted by Crippen LogP contribution is -2.58. The van der Waals surface area contributed by atoms with Crippen LogP contribution in [0.5, 0.6) is 6.01 Å². The van der Waals surface area contributed by atoms with Crippen LogP contribution in [0.2, 0.25) is 0 Å². The van der Waals surface area contributed by atoms with Gasteiger partial charge >= 0.3 is 6.09 Å². The van der Waals surface area contributed by atoms with Gasteiger partial charge in [-0.1, -0.05) is 31.1 Å². The Balaban J connectivity index is 1.11. The predicted molar refractivity (Wildman–Crippen MR) is 244 cm³/mol. The minimum absolute atomic E-state index is 0.0179. The zero-order chi connectivity index (χ0) is 47.3. The van der Waals surface area contributed by atoms with Crippen LogP contribution in [0.1, 0.15) is 117 Å². The SMILES string of the molecule is CC(C)n1c(O[C@@H]2C[C@H]3C(=O)N[C@]4(C(=O)NS(=O)(=O)C5(C)CC5)C[C@H]4/C=C\CCCCC[C@H](NC(=O)OC(C)(C)C)C(=O)N3C2)nc2c(-c3nc(Cc4cc(F)cc(F)c4)cs3)cccc21. The van der Waals surface area contributed by atoms with Gasteiger partial charge in [0.1, 0.15) is 51.5 Å². The van der Waals surface area contributed by atoms with Gasteiger partial charge in [-0.3, -0.25) is 23.7 Å². The van der Waals surface area contributed by atoms with Crippen molar-refractivity contribution in [3.63, 3.8) is 0 Å². The highest BCUT2D eigenvalue weighted by Crippen LogP contribution is 2.48. The Morgan fingerprint density at radius 2 is 1.80 bits per heavy atom. The highest BCUT2D eigenvalue weighted by Gasteiger charge is 2.63. The van der Waals surface area contributed by atoms with Gasteiger partial charge in [-0.2, -0.15) is 4.98 Å². The van der Waals surface area contributed by atoms with Gasteiger partial charge in [0, 0.05) is 41.8 Å². The normalized spacial score (nSPS) is 25.0. The average Bonchev–Trinajstić information content (AvgIpc) is 3.91. The maximum absolute atomic E-state index is 14.8. The summed E-state index contributed by atoms with van der Waals surface area (Å²) < 4.78 is 69.9. The fourth-order valence-corrected chi connectivity index (χ4v) is 11.0. The Labute approximate surface area is 387 Å². The maximum atomic E-state index is 14.8. The number of alkyl carbamates (subject to hydrolysis) is 1. The van der Waals surface area contributed by atoms with E-state index in [4.69, 9.17) is 19.4 Å². The number of amides is 4. The number of nitrogens with zero attached hydrogens (tertiary/aromatic N) is 4.